The fraction of sp³-hybridized carbons (Fsp3) is 0.875. The van der Waals surface area contributed by atoms with Crippen molar-refractivity contribution in [2.45, 2.75) is 6.42 Å². The number of fused-ring (bicyclic) bond motifs is 1. The lowest BCUT2D eigenvalue weighted by atomic mass is 9.89. The Labute approximate surface area is 62.6 Å². The van der Waals surface area contributed by atoms with Crippen LogP contribution < -0.4 is 10.2 Å². The molecule has 2 nitrogen and oxygen atoms in total. The van der Waals surface area contributed by atoms with Gasteiger partial charge in [-0.25, -0.2) is 0 Å². The van der Waals surface area contributed by atoms with E-state index in [9.17, 15) is 0 Å². The van der Waals surface area contributed by atoms with Gasteiger partial charge in [-0.1, -0.05) is 0 Å². The molecule has 0 radical (unpaired) electrons. The summed E-state index contributed by atoms with van der Waals surface area (Å²) >= 11 is 0. The Morgan fingerprint density at radius 1 is 1.30 bits per heavy atom. The molecule has 2 saturated heterocycles. The monoisotopic (exact) mass is 140 g/mol. The van der Waals surface area contributed by atoms with Gasteiger partial charge in [0.15, 0.2) is 0 Å². The van der Waals surface area contributed by atoms with Crippen molar-refractivity contribution in [3.63, 3.8) is 0 Å². The topological polar surface area (TPSA) is 16.5 Å². The van der Waals surface area contributed by atoms with Crippen LogP contribution in [0.25, 0.3) is 0 Å². The highest BCUT2D eigenvalue weighted by Crippen LogP contribution is 2.19. The molecule has 3 atom stereocenters. The summed E-state index contributed by atoms with van der Waals surface area (Å²) in [6.07, 6.45) is 1.39. The van der Waals surface area contributed by atoms with Crippen molar-refractivity contribution < 1.29 is 4.90 Å². The first-order valence-electron chi connectivity index (χ1n) is 4.23. The van der Waals surface area contributed by atoms with E-state index in [4.69, 9.17) is 0 Å². The van der Waals surface area contributed by atoms with Crippen LogP contribution in [0, 0.1) is 18.9 Å². The van der Waals surface area contributed by atoms with Gasteiger partial charge in [0, 0.05) is 12.5 Å². The maximum atomic E-state index is 4.05. The summed E-state index contributed by atoms with van der Waals surface area (Å²) < 4.78 is 0. The molecule has 2 N–H and O–H groups in total. The molecule has 2 aliphatic heterocycles. The fourth-order valence-electron chi connectivity index (χ4n) is 2.23. The number of likely N-dealkylation sites (tertiary alicyclic amines) is 1. The molecule has 2 fully saturated rings. The maximum Gasteiger partial charge on any atom is 0.0574 e. The molecule has 0 bridgehead atoms. The van der Waals surface area contributed by atoms with Gasteiger partial charge in [0.1, 0.15) is 0 Å². The van der Waals surface area contributed by atoms with Crippen LogP contribution in [0.15, 0.2) is 0 Å². The van der Waals surface area contributed by atoms with Crippen molar-refractivity contribution in [1.82, 2.24) is 5.32 Å². The average Bonchev–Trinajstić information content (AvgIpc) is 2.33. The SMILES string of the molecule is [CH2-][NH+]1CC[C@@H]2CNC[C@@H]2C1. The van der Waals surface area contributed by atoms with E-state index in [1.165, 1.54) is 37.5 Å². The minimum Gasteiger partial charge on any atom is -0.468 e. The van der Waals surface area contributed by atoms with Crippen LogP contribution in [-0.4, -0.2) is 26.2 Å². The maximum absolute atomic E-state index is 4.05. The molecule has 0 aromatic heterocycles. The predicted octanol–water partition coefficient (Wildman–Crippen LogP) is -1.10. The van der Waals surface area contributed by atoms with E-state index in [0.717, 1.165) is 11.8 Å². The second-order valence-corrected chi connectivity index (χ2v) is 3.67. The van der Waals surface area contributed by atoms with Gasteiger partial charge in [-0.2, -0.15) is 7.05 Å². The summed E-state index contributed by atoms with van der Waals surface area (Å²) in [7, 11) is 4.05. The average molecular weight is 140 g/mol. The Bertz CT molecular complexity index is 124. The summed E-state index contributed by atoms with van der Waals surface area (Å²) in [6, 6.07) is 0. The standard InChI is InChI=1S/C8H16N2/c1-10-3-2-7-4-9-5-8(7)6-10/h7-10H,1-6H2/t7-,8-/m1/s1. The highest BCUT2D eigenvalue weighted by molar-refractivity contribution is 4.82. The van der Waals surface area contributed by atoms with Crippen LogP contribution >= 0.6 is 0 Å². The molecular formula is C8H16N2. The Morgan fingerprint density at radius 3 is 3.00 bits per heavy atom. The normalized spacial score (nSPS) is 47.1. The molecule has 0 saturated carbocycles. The summed E-state index contributed by atoms with van der Waals surface area (Å²) in [5.41, 5.74) is 0. The summed E-state index contributed by atoms with van der Waals surface area (Å²) in [4.78, 5) is 1.48. The molecule has 2 heterocycles. The molecule has 0 aromatic carbocycles. The summed E-state index contributed by atoms with van der Waals surface area (Å²) in [5.74, 6) is 1.91. The molecule has 0 aromatic rings. The highest BCUT2D eigenvalue weighted by atomic mass is 15.1. The predicted molar refractivity (Wildman–Crippen MR) is 40.5 cm³/mol. The van der Waals surface area contributed by atoms with Gasteiger partial charge in [-0.3, -0.25) is 0 Å². The van der Waals surface area contributed by atoms with Gasteiger partial charge >= 0.3 is 0 Å². The molecule has 0 spiro atoms. The molecule has 1 unspecified atom stereocenters. The zero-order valence-electron chi connectivity index (χ0n) is 6.40. The number of nitrogens with one attached hydrogen (secondary N) is 2. The molecule has 0 amide bonds. The first-order valence-corrected chi connectivity index (χ1v) is 4.23. The molecule has 2 rings (SSSR count). The third-order valence-electron chi connectivity index (χ3n) is 2.90. The van der Waals surface area contributed by atoms with E-state index < -0.39 is 0 Å². The zero-order chi connectivity index (χ0) is 6.97. The van der Waals surface area contributed by atoms with Gasteiger partial charge in [-0.15, -0.1) is 0 Å². The van der Waals surface area contributed by atoms with Crippen LogP contribution in [0.1, 0.15) is 6.42 Å². The molecule has 10 heavy (non-hydrogen) atoms. The summed E-state index contributed by atoms with van der Waals surface area (Å²) in [6.45, 7) is 5.07. The van der Waals surface area contributed by atoms with Crippen molar-refractivity contribution in [3.8, 4) is 0 Å². The third kappa shape index (κ3) is 1.06. The van der Waals surface area contributed by atoms with Gasteiger partial charge in [-0.05, 0) is 18.9 Å². The number of hydrogen-bond acceptors (Lipinski definition) is 1. The van der Waals surface area contributed by atoms with Gasteiger partial charge < -0.3 is 10.2 Å². The largest absolute Gasteiger partial charge is 0.468 e. The van der Waals surface area contributed by atoms with Crippen molar-refractivity contribution in [1.29, 1.82) is 0 Å². The minimum absolute atomic E-state index is 0.932. The van der Waals surface area contributed by atoms with Crippen LogP contribution in [0.4, 0.5) is 0 Å². The van der Waals surface area contributed by atoms with Crippen molar-refractivity contribution >= 4 is 0 Å². The molecule has 2 aliphatic rings. The summed E-state index contributed by atoms with van der Waals surface area (Å²) in [5, 5.41) is 3.44. The number of rotatable bonds is 0. The van der Waals surface area contributed by atoms with E-state index in [2.05, 4.69) is 12.4 Å². The second-order valence-electron chi connectivity index (χ2n) is 3.67. The van der Waals surface area contributed by atoms with Crippen molar-refractivity contribution in [2.24, 2.45) is 11.8 Å². The zero-order valence-corrected chi connectivity index (χ0v) is 6.40. The smallest absolute Gasteiger partial charge is 0.0574 e. The van der Waals surface area contributed by atoms with Crippen LogP contribution in [0.2, 0.25) is 0 Å². The number of piperidine rings is 1. The van der Waals surface area contributed by atoms with E-state index in [1.54, 1.807) is 0 Å². The van der Waals surface area contributed by atoms with Crippen LogP contribution in [-0.2, 0) is 0 Å². The fourth-order valence-corrected chi connectivity index (χ4v) is 2.23. The first kappa shape index (κ1) is 6.62. The first-order chi connectivity index (χ1) is 4.86. The van der Waals surface area contributed by atoms with Crippen LogP contribution in [0.3, 0.4) is 0 Å². The third-order valence-corrected chi connectivity index (χ3v) is 2.90. The van der Waals surface area contributed by atoms with Gasteiger partial charge in [0.2, 0.25) is 0 Å². The Hall–Kier alpha value is -0.0800. The second kappa shape index (κ2) is 2.51. The molecule has 2 heteroatoms. The van der Waals surface area contributed by atoms with Crippen molar-refractivity contribution in [3.05, 3.63) is 7.05 Å². The van der Waals surface area contributed by atoms with E-state index >= 15 is 0 Å². The molecule has 58 valence electrons. The van der Waals surface area contributed by atoms with E-state index in [1.807, 2.05) is 0 Å². The van der Waals surface area contributed by atoms with Gasteiger partial charge in [0.05, 0.1) is 13.1 Å². The lowest BCUT2D eigenvalue weighted by Gasteiger charge is -2.33. The van der Waals surface area contributed by atoms with Crippen LogP contribution in [0.5, 0.6) is 0 Å². The Balaban J connectivity index is 1.96. The van der Waals surface area contributed by atoms with Crippen molar-refractivity contribution in [2.75, 3.05) is 26.2 Å². The van der Waals surface area contributed by atoms with E-state index in [-0.39, 0.29) is 0 Å². The van der Waals surface area contributed by atoms with Gasteiger partial charge in [0.25, 0.3) is 0 Å². The highest BCUT2D eigenvalue weighted by Gasteiger charge is 2.31. The Kier molecular flexibility index (Phi) is 1.66. The Morgan fingerprint density at radius 2 is 2.10 bits per heavy atom. The minimum atomic E-state index is 0.932. The quantitative estimate of drug-likeness (QED) is 0.408. The molecular weight excluding hydrogens is 124 g/mol. The lowest BCUT2D eigenvalue weighted by molar-refractivity contribution is -0.864. The molecule has 0 aliphatic carbocycles. The number of hydrogen-bond donors (Lipinski definition) is 2. The lowest BCUT2D eigenvalue weighted by Crippen LogP contribution is -3.09. The van der Waals surface area contributed by atoms with E-state index in [0.29, 0.717) is 0 Å². The number of quaternary nitrogens is 1.